The first-order chi connectivity index (χ1) is 10.3. The highest BCUT2D eigenvalue weighted by molar-refractivity contribution is 9.10. The Balaban J connectivity index is 1.87. The zero-order valence-corrected chi connectivity index (χ0v) is 14.7. The van der Waals surface area contributed by atoms with Crippen molar-refractivity contribution in [2.45, 2.75) is 83.2 Å². The van der Waals surface area contributed by atoms with E-state index < -0.39 is 0 Å². The molecule has 0 atom stereocenters. The number of rotatable bonds is 3. The summed E-state index contributed by atoms with van der Waals surface area (Å²) in [6.45, 7) is 2.18. The Bertz CT molecular complexity index is 444. The van der Waals surface area contributed by atoms with Crippen LogP contribution in [0.2, 0.25) is 0 Å². The van der Waals surface area contributed by atoms with Gasteiger partial charge in [-0.05, 0) is 60.2 Å². The number of hydrogen-bond acceptors (Lipinski definition) is 2. The van der Waals surface area contributed by atoms with E-state index in [4.69, 9.17) is 4.98 Å². The lowest BCUT2D eigenvalue weighted by Crippen LogP contribution is -2.45. The van der Waals surface area contributed by atoms with Gasteiger partial charge in [0.1, 0.15) is 5.82 Å². The summed E-state index contributed by atoms with van der Waals surface area (Å²) >= 11 is 3.59. The number of nitrogens with zero attached hydrogens (tertiary/aromatic N) is 2. The molecule has 116 valence electrons. The van der Waals surface area contributed by atoms with Crippen LogP contribution in [-0.2, 0) is 0 Å². The Kier molecular flexibility index (Phi) is 5.20. The minimum absolute atomic E-state index is 0.718. The van der Waals surface area contributed by atoms with Crippen LogP contribution in [0.25, 0.3) is 0 Å². The van der Waals surface area contributed by atoms with Crippen LogP contribution in [0.4, 0.5) is 5.82 Å². The molecule has 0 radical (unpaired) electrons. The first-order valence-electron chi connectivity index (χ1n) is 8.66. The molecule has 0 N–H and O–H groups in total. The summed E-state index contributed by atoms with van der Waals surface area (Å²) in [5, 5.41) is 0. The Morgan fingerprint density at radius 3 is 1.95 bits per heavy atom. The van der Waals surface area contributed by atoms with Gasteiger partial charge in [-0.3, -0.25) is 0 Å². The van der Waals surface area contributed by atoms with E-state index in [0.717, 1.165) is 16.6 Å². The maximum Gasteiger partial charge on any atom is 0.129 e. The second-order valence-electron chi connectivity index (χ2n) is 6.78. The van der Waals surface area contributed by atoms with Crippen LogP contribution in [0.1, 0.15) is 69.8 Å². The average molecular weight is 351 g/mol. The van der Waals surface area contributed by atoms with Gasteiger partial charge in [0.25, 0.3) is 0 Å². The Morgan fingerprint density at radius 2 is 1.48 bits per heavy atom. The van der Waals surface area contributed by atoms with E-state index in [1.807, 2.05) is 6.20 Å². The van der Waals surface area contributed by atoms with Crippen LogP contribution in [-0.4, -0.2) is 17.1 Å². The van der Waals surface area contributed by atoms with Gasteiger partial charge in [-0.25, -0.2) is 4.98 Å². The van der Waals surface area contributed by atoms with Gasteiger partial charge in [0.15, 0.2) is 0 Å². The van der Waals surface area contributed by atoms with Gasteiger partial charge in [-0.2, -0.15) is 0 Å². The van der Waals surface area contributed by atoms with E-state index in [1.165, 1.54) is 75.6 Å². The lowest BCUT2D eigenvalue weighted by molar-refractivity contribution is 0.338. The molecule has 21 heavy (non-hydrogen) atoms. The molecule has 2 fully saturated rings. The lowest BCUT2D eigenvalue weighted by Gasteiger charge is -2.42. The molecule has 1 aromatic rings. The molecule has 1 aromatic heterocycles. The third-order valence-corrected chi connectivity index (χ3v) is 6.06. The predicted molar refractivity (Wildman–Crippen MR) is 92.9 cm³/mol. The van der Waals surface area contributed by atoms with E-state index >= 15 is 0 Å². The monoisotopic (exact) mass is 350 g/mol. The molecule has 0 aromatic carbocycles. The molecule has 3 heteroatoms. The molecule has 0 unspecified atom stereocenters. The first kappa shape index (κ1) is 15.3. The molecule has 2 saturated carbocycles. The van der Waals surface area contributed by atoms with Gasteiger partial charge in [-0.15, -0.1) is 0 Å². The Hall–Kier alpha value is -0.570. The number of anilines is 1. The van der Waals surface area contributed by atoms with Gasteiger partial charge in [0.2, 0.25) is 0 Å². The molecule has 0 amide bonds. The summed E-state index contributed by atoms with van der Waals surface area (Å²) in [6.07, 6.45) is 15.8. The molecule has 0 bridgehead atoms. The van der Waals surface area contributed by atoms with E-state index in [0.29, 0.717) is 0 Å². The van der Waals surface area contributed by atoms with Crippen LogP contribution in [0.15, 0.2) is 16.7 Å². The average Bonchev–Trinajstić information content (AvgIpc) is 2.53. The first-order valence-corrected chi connectivity index (χ1v) is 9.45. The normalized spacial score (nSPS) is 21.4. The third kappa shape index (κ3) is 3.61. The molecule has 2 aliphatic carbocycles. The molecule has 1 heterocycles. The highest BCUT2D eigenvalue weighted by Crippen LogP contribution is 2.34. The topological polar surface area (TPSA) is 16.1 Å². The third-order valence-electron chi connectivity index (χ3n) is 5.23. The lowest BCUT2D eigenvalue weighted by atomic mass is 9.88. The SMILES string of the molecule is Cc1cc(N(C2CCCCC2)C2CCCCC2)ncc1Br. The van der Waals surface area contributed by atoms with Gasteiger partial charge in [0.05, 0.1) is 0 Å². The molecule has 3 rings (SSSR count). The molecular formula is C18H27BrN2. The van der Waals surface area contributed by atoms with Crippen molar-refractivity contribution in [3.8, 4) is 0 Å². The van der Waals surface area contributed by atoms with E-state index in [2.05, 4.69) is 33.8 Å². The number of aromatic nitrogens is 1. The van der Waals surface area contributed by atoms with Gasteiger partial charge >= 0.3 is 0 Å². The molecular weight excluding hydrogens is 324 g/mol. The van der Waals surface area contributed by atoms with Crippen LogP contribution >= 0.6 is 15.9 Å². The van der Waals surface area contributed by atoms with Crippen LogP contribution in [0, 0.1) is 6.92 Å². The standard InChI is InChI=1S/C18H27BrN2/c1-14-12-18(20-13-17(14)19)21(15-8-4-2-5-9-15)16-10-6-3-7-11-16/h12-13,15-16H,2-11H2,1H3. The van der Waals surface area contributed by atoms with Crippen molar-refractivity contribution in [1.29, 1.82) is 0 Å². The fraction of sp³-hybridized carbons (Fsp3) is 0.722. The van der Waals surface area contributed by atoms with Crippen LogP contribution in [0.3, 0.4) is 0 Å². The van der Waals surface area contributed by atoms with Crippen molar-refractivity contribution in [3.63, 3.8) is 0 Å². The highest BCUT2D eigenvalue weighted by atomic mass is 79.9. The fourth-order valence-corrected chi connectivity index (χ4v) is 4.27. The minimum Gasteiger partial charge on any atom is -0.351 e. The molecule has 2 nitrogen and oxygen atoms in total. The number of hydrogen-bond donors (Lipinski definition) is 0. The predicted octanol–water partition coefficient (Wildman–Crippen LogP) is 5.62. The largest absolute Gasteiger partial charge is 0.351 e. The fourth-order valence-electron chi connectivity index (χ4n) is 4.06. The highest BCUT2D eigenvalue weighted by Gasteiger charge is 2.29. The van der Waals surface area contributed by atoms with Crippen molar-refractivity contribution in [1.82, 2.24) is 4.98 Å². The Labute approximate surface area is 137 Å². The summed E-state index contributed by atoms with van der Waals surface area (Å²) < 4.78 is 1.12. The van der Waals surface area contributed by atoms with Crippen LogP contribution < -0.4 is 4.90 Å². The second kappa shape index (κ2) is 7.13. The van der Waals surface area contributed by atoms with Crippen molar-refractivity contribution in [2.24, 2.45) is 0 Å². The molecule has 0 spiro atoms. The maximum atomic E-state index is 4.77. The van der Waals surface area contributed by atoms with Crippen molar-refractivity contribution in [3.05, 3.63) is 22.3 Å². The summed E-state index contributed by atoms with van der Waals surface area (Å²) in [5.74, 6) is 1.22. The molecule has 0 saturated heterocycles. The van der Waals surface area contributed by atoms with Gasteiger partial charge in [-0.1, -0.05) is 38.5 Å². The number of pyridine rings is 1. The van der Waals surface area contributed by atoms with Crippen LogP contribution in [0.5, 0.6) is 0 Å². The maximum absolute atomic E-state index is 4.77. The van der Waals surface area contributed by atoms with E-state index in [1.54, 1.807) is 0 Å². The van der Waals surface area contributed by atoms with Crippen molar-refractivity contribution >= 4 is 21.7 Å². The zero-order valence-electron chi connectivity index (χ0n) is 13.2. The smallest absolute Gasteiger partial charge is 0.129 e. The second-order valence-corrected chi connectivity index (χ2v) is 7.64. The van der Waals surface area contributed by atoms with Crippen molar-refractivity contribution < 1.29 is 0 Å². The van der Waals surface area contributed by atoms with Gasteiger partial charge in [0, 0.05) is 22.8 Å². The minimum atomic E-state index is 0.718. The van der Waals surface area contributed by atoms with Crippen molar-refractivity contribution in [2.75, 3.05) is 4.90 Å². The molecule has 0 aliphatic heterocycles. The Morgan fingerprint density at radius 1 is 0.952 bits per heavy atom. The summed E-state index contributed by atoms with van der Waals surface area (Å²) in [6, 6.07) is 3.72. The van der Waals surface area contributed by atoms with E-state index in [-0.39, 0.29) is 0 Å². The number of aryl methyl sites for hydroxylation is 1. The zero-order chi connectivity index (χ0) is 14.7. The summed E-state index contributed by atoms with van der Waals surface area (Å²) in [5.41, 5.74) is 1.30. The molecule has 2 aliphatic rings. The number of halogens is 1. The summed E-state index contributed by atoms with van der Waals surface area (Å²) in [4.78, 5) is 7.47. The van der Waals surface area contributed by atoms with E-state index in [9.17, 15) is 0 Å². The quantitative estimate of drug-likeness (QED) is 0.702. The van der Waals surface area contributed by atoms with Gasteiger partial charge < -0.3 is 4.90 Å². The summed E-state index contributed by atoms with van der Waals surface area (Å²) in [7, 11) is 0.